The fourth-order valence-corrected chi connectivity index (χ4v) is 5.97. The van der Waals surface area contributed by atoms with Gasteiger partial charge in [-0.3, -0.25) is 0 Å². The van der Waals surface area contributed by atoms with Gasteiger partial charge in [0, 0.05) is 30.9 Å². The second kappa shape index (κ2) is 47.5. The minimum absolute atomic E-state index is 0. The van der Waals surface area contributed by atoms with Crippen molar-refractivity contribution >= 4 is 23.9 Å². The number of cyclic esters (lactones) is 2. The maximum Gasteiger partial charge on any atom is 0.338 e. The first-order chi connectivity index (χ1) is 25.4. The maximum absolute atomic E-state index is 11.1. The van der Waals surface area contributed by atoms with Gasteiger partial charge < -0.3 is 19.7 Å². The molecular formula is C45H84O8. The average molecular weight is 753 g/mol. The zero-order chi connectivity index (χ0) is 38.6. The predicted octanol–water partition coefficient (Wildman–Crippen LogP) is 12.9. The maximum atomic E-state index is 11.1. The number of hydrogen-bond acceptors (Lipinski definition) is 7. The van der Waals surface area contributed by atoms with Crippen LogP contribution < -0.4 is 0 Å². The van der Waals surface area contributed by atoms with E-state index in [1.54, 1.807) is 0 Å². The van der Waals surface area contributed by atoms with Crippen LogP contribution in [0.1, 0.15) is 227 Å². The van der Waals surface area contributed by atoms with Gasteiger partial charge in [0.05, 0.1) is 6.61 Å². The summed E-state index contributed by atoms with van der Waals surface area (Å²) in [4.78, 5) is 41.2. The molecule has 0 saturated carbocycles. The number of carbonyl (C=O) groups excluding carboxylic acids is 3. The molecule has 53 heavy (non-hydrogen) atoms. The number of hydrogen-bond donors (Lipinski definition) is 2. The summed E-state index contributed by atoms with van der Waals surface area (Å²) in [7, 11) is 0. The highest BCUT2D eigenvalue weighted by atomic mass is 16.6. The number of aliphatic carboxylic acids is 1. The van der Waals surface area contributed by atoms with Crippen LogP contribution in [-0.2, 0) is 28.7 Å². The van der Waals surface area contributed by atoms with Crippen molar-refractivity contribution in [3.8, 4) is 0 Å². The molecule has 2 N–H and O–H groups in total. The molecule has 8 heteroatoms. The molecule has 0 aliphatic carbocycles. The lowest BCUT2D eigenvalue weighted by atomic mass is 10.0. The normalized spacial score (nSPS) is 11.8. The Morgan fingerprint density at radius 3 is 1.04 bits per heavy atom. The fraction of sp³-hybridized carbons (Fsp3) is 0.822. The lowest BCUT2D eigenvalue weighted by Crippen LogP contribution is -2.03. The van der Waals surface area contributed by atoms with Crippen LogP contribution >= 0.6 is 0 Å². The molecule has 312 valence electrons. The summed E-state index contributed by atoms with van der Waals surface area (Å²) in [5.74, 6) is -2.87. The molecule has 1 rings (SSSR count). The van der Waals surface area contributed by atoms with Crippen LogP contribution in [-0.4, -0.2) is 47.3 Å². The monoisotopic (exact) mass is 753 g/mol. The molecule has 0 radical (unpaired) electrons. The second-order valence-electron chi connectivity index (χ2n) is 14.2. The largest absolute Gasteiger partial charge is 0.478 e. The number of unbranched alkanes of at least 4 members (excludes halogenated alkanes) is 30. The molecule has 0 amide bonds. The van der Waals surface area contributed by atoms with E-state index >= 15 is 0 Å². The van der Waals surface area contributed by atoms with Gasteiger partial charge in [0.2, 0.25) is 0 Å². The standard InChI is InChI=1S/C22H40O4.C18H38O.C4H2O3.CH4/c1-2-3-4-5-6-7-8-9-10-11-12-13-14-15-16-17-20-26-22(25)19-18-21(23)24;1-2-3-4-5-6-7-8-9-10-11-12-13-14-15-16-17-18-19;5-3-1-2-4(6)7-3;/h18-19H,2-17,20H2,1H3,(H,23,24);19H,2-18H2,1H3;1-2H;1H4/b19-18-;;;. The lowest BCUT2D eigenvalue weighted by molar-refractivity contribution is -0.150. The van der Waals surface area contributed by atoms with E-state index in [0.29, 0.717) is 13.2 Å². The van der Waals surface area contributed by atoms with Crippen LogP contribution in [0.4, 0.5) is 0 Å². The molecule has 0 aromatic rings. The summed E-state index contributed by atoms with van der Waals surface area (Å²) in [5, 5.41) is 17.1. The van der Waals surface area contributed by atoms with Crippen LogP contribution in [0.3, 0.4) is 0 Å². The molecule has 0 aromatic heterocycles. The first-order valence-corrected chi connectivity index (χ1v) is 21.5. The summed E-state index contributed by atoms with van der Waals surface area (Å²) in [6.45, 7) is 5.30. The van der Waals surface area contributed by atoms with Gasteiger partial charge in [-0.05, 0) is 12.8 Å². The lowest BCUT2D eigenvalue weighted by Gasteiger charge is -2.04. The molecule has 8 nitrogen and oxygen atoms in total. The number of carboxylic acids is 1. The number of rotatable bonds is 35. The zero-order valence-corrected chi connectivity index (χ0v) is 33.7. The molecule has 1 aliphatic heterocycles. The van der Waals surface area contributed by atoms with Gasteiger partial charge in [0.15, 0.2) is 0 Å². The Bertz CT molecular complexity index is 835. The van der Waals surface area contributed by atoms with Crippen molar-refractivity contribution in [2.45, 2.75) is 227 Å². The number of carboxylic acid groups (broad SMARTS) is 1. The number of ether oxygens (including phenoxy) is 2. The molecule has 0 unspecified atom stereocenters. The molecule has 0 aromatic carbocycles. The van der Waals surface area contributed by atoms with Gasteiger partial charge in [-0.2, -0.15) is 0 Å². The van der Waals surface area contributed by atoms with Crippen molar-refractivity contribution < 1.29 is 38.9 Å². The Hall–Kier alpha value is -2.48. The van der Waals surface area contributed by atoms with E-state index in [4.69, 9.17) is 14.9 Å². The van der Waals surface area contributed by atoms with Crippen LogP contribution in [0.5, 0.6) is 0 Å². The van der Waals surface area contributed by atoms with Crippen molar-refractivity contribution in [2.24, 2.45) is 0 Å². The van der Waals surface area contributed by atoms with Gasteiger partial charge >= 0.3 is 23.9 Å². The number of esters is 3. The summed E-state index contributed by atoms with van der Waals surface area (Å²) in [6, 6.07) is 0. The van der Waals surface area contributed by atoms with Crippen LogP contribution in [0, 0.1) is 0 Å². The fourth-order valence-electron chi connectivity index (χ4n) is 5.97. The van der Waals surface area contributed by atoms with E-state index in [1.165, 1.54) is 186 Å². The SMILES string of the molecule is C.CCCCCCCCCCCCCCCCCCO.CCCCCCCCCCCCCCCCCCOC(=O)/C=C\C(=O)O.O=C1C=CC(=O)O1. The van der Waals surface area contributed by atoms with Gasteiger partial charge in [0.25, 0.3) is 0 Å². The predicted molar refractivity (Wildman–Crippen MR) is 221 cm³/mol. The summed E-state index contributed by atoms with van der Waals surface area (Å²) in [6.07, 6.45) is 47.1. The molecule has 0 fully saturated rings. The first-order valence-electron chi connectivity index (χ1n) is 21.5. The third-order valence-electron chi connectivity index (χ3n) is 9.17. The van der Waals surface area contributed by atoms with E-state index in [1.807, 2.05) is 0 Å². The Kier molecular flexibility index (Phi) is 49.2. The third kappa shape index (κ3) is 51.7. The Balaban J connectivity index is -0.000000804. The number of aliphatic hydroxyl groups excluding tert-OH is 1. The molecule has 1 aliphatic rings. The van der Waals surface area contributed by atoms with Gasteiger partial charge in [-0.25, -0.2) is 19.2 Å². The Labute approximate surface area is 326 Å². The van der Waals surface area contributed by atoms with Crippen molar-refractivity contribution in [3.63, 3.8) is 0 Å². The summed E-state index contributed by atoms with van der Waals surface area (Å²) < 4.78 is 8.89. The second-order valence-corrected chi connectivity index (χ2v) is 14.2. The van der Waals surface area contributed by atoms with Crippen LogP contribution in [0.2, 0.25) is 0 Å². The average Bonchev–Trinajstić information content (AvgIpc) is 3.52. The van der Waals surface area contributed by atoms with Crippen LogP contribution in [0.15, 0.2) is 24.3 Å². The quantitative estimate of drug-likeness (QED) is 0.0283. The van der Waals surface area contributed by atoms with Crippen molar-refractivity contribution in [2.75, 3.05) is 13.2 Å². The van der Waals surface area contributed by atoms with Crippen molar-refractivity contribution in [1.82, 2.24) is 0 Å². The number of carbonyl (C=O) groups is 4. The highest BCUT2D eigenvalue weighted by Crippen LogP contribution is 2.15. The summed E-state index contributed by atoms with van der Waals surface area (Å²) >= 11 is 0. The minimum atomic E-state index is -1.13. The molecule has 0 saturated heterocycles. The topological polar surface area (TPSA) is 127 Å². The number of aliphatic hydroxyl groups is 1. The molecular weight excluding hydrogens is 668 g/mol. The van der Waals surface area contributed by atoms with Crippen molar-refractivity contribution in [3.05, 3.63) is 24.3 Å². The highest BCUT2D eigenvalue weighted by Gasteiger charge is 2.10. The smallest absolute Gasteiger partial charge is 0.338 e. The van der Waals surface area contributed by atoms with Gasteiger partial charge in [0.1, 0.15) is 0 Å². The van der Waals surface area contributed by atoms with E-state index < -0.39 is 23.9 Å². The van der Waals surface area contributed by atoms with Crippen molar-refractivity contribution in [1.29, 1.82) is 0 Å². The third-order valence-corrected chi connectivity index (χ3v) is 9.17. The Morgan fingerprint density at radius 1 is 0.509 bits per heavy atom. The van der Waals surface area contributed by atoms with E-state index in [0.717, 1.165) is 43.6 Å². The van der Waals surface area contributed by atoms with Gasteiger partial charge in [-0.15, -0.1) is 0 Å². The summed E-state index contributed by atoms with van der Waals surface area (Å²) in [5.41, 5.74) is 0. The molecule has 0 spiro atoms. The van der Waals surface area contributed by atoms with Gasteiger partial charge in [-0.1, -0.05) is 214 Å². The molecule has 1 heterocycles. The zero-order valence-electron chi connectivity index (χ0n) is 33.7. The van der Waals surface area contributed by atoms with Crippen LogP contribution in [0.25, 0.3) is 0 Å². The molecule has 0 atom stereocenters. The van der Waals surface area contributed by atoms with E-state index in [2.05, 4.69) is 18.6 Å². The Morgan fingerprint density at radius 2 is 0.792 bits per heavy atom. The molecule has 0 bridgehead atoms. The minimum Gasteiger partial charge on any atom is -0.478 e. The van der Waals surface area contributed by atoms with E-state index in [-0.39, 0.29) is 7.43 Å². The van der Waals surface area contributed by atoms with E-state index in [9.17, 15) is 19.2 Å². The highest BCUT2D eigenvalue weighted by molar-refractivity contribution is 6.04. The first kappa shape index (κ1) is 54.9.